The number of methoxy groups -OCH3 is 2. The summed E-state index contributed by atoms with van der Waals surface area (Å²) >= 11 is 3.03. The Morgan fingerprint density at radius 3 is 2.35 bits per heavy atom. The molecule has 0 spiro atoms. The molecule has 0 N–H and O–H groups in total. The molecule has 0 saturated carbocycles. The fraction of sp³-hybridized carbons (Fsp3) is 0.385. The van der Waals surface area contributed by atoms with E-state index in [1.807, 2.05) is 72.0 Å². The fourth-order valence-corrected chi connectivity index (χ4v) is 5.02. The predicted molar refractivity (Wildman–Crippen MR) is 138 cm³/mol. The summed E-state index contributed by atoms with van der Waals surface area (Å²) in [5.41, 5.74) is 1.05. The van der Waals surface area contributed by atoms with Gasteiger partial charge in [-0.25, -0.2) is 0 Å². The molecule has 3 rings (SSSR count). The molecule has 1 aromatic carbocycles. The van der Waals surface area contributed by atoms with Crippen LogP contribution in [0.4, 0.5) is 0 Å². The summed E-state index contributed by atoms with van der Waals surface area (Å²) in [6.07, 6.45) is 1.45. The van der Waals surface area contributed by atoms with E-state index in [-0.39, 0.29) is 24.4 Å². The van der Waals surface area contributed by atoms with Crippen LogP contribution in [0.15, 0.2) is 53.2 Å². The van der Waals surface area contributed by atoms with Crippen molar-refractivity contribution < 1.29 is 19.1 Å². The lowest BCUT2D eigenvalue weighted by Gasteiger charge is -2.31. The molecule has 8 heteroatoms. The second-order valence-electron chi connectivity index (χ2n) is 8.00. The molecule has 2 heterocycles. The van der Waals surface area contributed by atoms with Crippen molar-refractivity contribution in [2.75, 3.05) is 27.3 Å². The van der Waals surface area contributed by atoms with Gasteiger partial charge in [-0.05, 0) is 60.4 Å². The zero-order valence-electron chi connectivity index (χ0n) is 20.2. The number of thiophene rings is 2. The van der Waals surface area contributed by atoms with Crippen LogP contribution in [-0.2, 0) is 17.8 Å². The third kappa shape index (κ3) is 6.61. The predicted octanol–water partition coefficient (Wildman–Crippen LogP) is 5.34. The Morgan fingerprint density at radius 2 is 1.74 bits per heavy atom. The van der Waals surface area contributed by atoms with Crippen LogP contribution in [0.5, 0.6) is 11.5 Å². The van der Waals surface area contributed by atoms with Crippen molar-refractivity contribution in [3.05, 3.63) is 68.5 Å². The summed E-state index contributed by atoms with van der Waals surface area (Å²) in [7, 11) is 3.22. The van der Waals surface area contributed by atoms with E-state index in [2.05, 4.69) is 0 Å². The molecule has 34 heavy (non-hydrogen) atoms. The molecule has 1 atom stereocenters. The van der Waals surface area contributed by atoms with E-state index in [0.29, 0.717) is 35.9 Å². The number of carbonyl (C=O) groups is 2. The highest BCUT2D eigenvalue weighted by Gasteiger charge is 2.26. The van der Waals surface area contributed by atoms with Gasteiger partial charge in [-0.15, -0.1) is 22.7 Å². The number of ether oxygens (including phenoxy) is 2. The molecule has 2 aromatic heterocycles. The van der Waals surface area contributed by atoms with Crippen LogP contribution >= 0.6 is 22.7 Å². The summed E-state index contributed by atoms with van der Waals surface area (Å²) in [4.78, 5) is 32.0. The van der Waals surface area contributed by atoms with E-state index in [0.717, 1.165) is 16.9 Å². The number of benzene rings is 1. The van der Waals surface area contributed by atoms with Crippen molar-refractivity contribution in [3.63, 3.8) is 0 Å². The van der Waals surface area contributed by atoms with Crippen LogP contribution < -0.4 is 9.47 Å². The molecule has 182 valence electrons. The van der Waals surface area contributed by atoms with E-state index >= 15 is 0 Å². The second kappa shape index (κ2) is 12.6. The van der Waals surface area contributed by atoms with Crippen LogP contribution in [0.1, 0.15) is 40.4 Å². The van der Waals surface area contributed by atoms with Crippen molar-refractivity contribution in [2.24, 2.45) is 0 Å². The molecule has 1 unspecified atom stereocenters. The van der Waals surface area contributed by atoms with Gasteiger partial charge in [0.05, 0.1) is 25.6 Å². The first kappa shape index (κ1) is 25.8. The normalized spacial score (nSPS) is 11.6. The van der Waals surface area contributed by atoms with E-state index in [1.165, 1.54) is 11.3 Å². The van der Waals surface area contributed by atoms with Gasteiger partial charge in [0.2, 0.25) is 5.91 Å². The maximum absolute atomic E-state index is 13.5. The Kier molecular flexibility index (Phi) is 9.53. The Balaban J connectivity index is 1.77. The molecule has 2 amide bonds. The highest BCUT2D eigenvalue weighted by Crippen LogP contribution is 2.28. The van der Waals surface area contributed by atoms with E-state index in [9.17, 15) is 9.59 Å². The number of hydrogen-bond acceptors (Lipinski definition) is 6. The summed E-state index contributed by atoms with van der Waals surface area (Å²) in [5.74, 6) is 1.20. The van der Waals surface area contributed by atoms with Crippen molar-refractivity contribution in [2.45, 2.75) is 39.3 Å². The molecule has 0 aliphatic rings. The minimum absolute atomic E-state index is 0.0343. The van der Waals surface area contributed by atoms with Gasteiger partial charge < -0.3 is 19.3 Å². The highest BCUT2D eigenvalue weighted by atomic mass is 32.1. The van der Waals surface area contributed by atoms with Crippen molar-refractivity contribution in [3.8, 4) is 11.5 Å². The van der Waals surface area contributed by atoms with Gasteiger partial charge in [-0.2, -0.15) is 0 Å². The molecule has 0 aliphatic carbocycles. The molecule has 0 radical (unpaired) electrons. The van der Waals surface area contributed by atoms with Gasteiger partial charge in [-0.1, -0.05) is 25.1 Å². The van der Waals surface area contributed by atoms with Crippen molar-refractivity contribution >= 4 is 34.5 Å². The van der Waals surface area contributed by atoms with Gasteiger partial charge >= 0.3 is 0 Å². The first-order valence-electron chi connectivity index (χ1n) is 11.3. The molecule has 0 saturated heterocycles. The average Bonchev–Trinajstić information content (AvgIpc) is 3.58. The number of carbonyl (C=O) groups excluding carboxylic acids is 2. The van der Waals surface area contributed by atoms with E-state index < -0.39 is 0 Å². The van der Waals surface area contributed by atoms with Gasteiger partial charge in [0.25, 0.3) is 5.91 Å². The monoisotopic (exact) mass is 500 g/mol. The van der Waals surface area contributed by atoms with E-state index in [1.54, 1.807) is 30.5 Å². The second-order valence-corrected chi connectivity index (χ2v) is 9.98. The van der Waals surface area contributed by atoms with Crippen LogP contribution in [0.2, 0.25) is 0 Å². The molecule has 6 nitrogen and oxygen atoms in total. The molecule has 0 bridgehead atoms. The molecule has 0 aliphatic heterocycles. The Labute approximate surface area is 209 Å². The summed E-state index contributed by atoms with van der Waals surface area (Å²) < 4.78 is 10.8. The largest absolute Gasteiger partial charge is 0.493 e. The lowest BCUT2D eigenvalue weighted by molar-refractivity contribution is -0.132. The van der Waals surface area contributed by atoms with Gasteiger partial charge in [-0.3, -0.25) is 9.59 Å². The maximum atomic E-state index is 13.5. The first-order valence-corrected chi connectivity index (χ1v) is 13.1. The van der Waals surface area contributed by atoms with Crippen molar-refractivity contribution in [1.29, 1.82) is 0 Å². The maximum Gasteiger partial charge on any atom is 0.264 e. The van der Waals surface area contributed by atoms with E-state index in [4.69, 9.17) is 9.47 Å². The topological polar surface area (TPSA) is 59.1 Å². The number of nitrogens with zero attached hydrogens (tertiary/aromatic N) is 2. The zero-order valence-corrected chi connectivity index (χ0v) is 21.8. The molecular weight excluding hydrogens is 468 g/mol. The SMILES string of the molecule is CCC(C)N(CC(=O)N(CCc1ccc(OC)c(OC)c1)Cc1cccs1)C(=O)c1cccs1. The number of hydrogen-bond donors (Lipinski definition) is 0. The van der Waals surface area contributed by atoms with Crippen LogP contribution in [-0.4, -0.2) is 55.0 Å². The third-order valence-electron chi connectivity index (χ3n) is 5.82. The third-order valence-corrected chi connectivity index (χ3v) is 7.54. The Hall–Kier alpha value is -2.84. The molecular formula is C26H32N2O4S2. The quantitative estimate of drug-likeness (QED) is 0.337. The Bertz CT molecular complexity index is 1050. The minimum Gasteiger partial charge on any atom is -0.493 e. The molecule has 0 fully saturated rings. The van der Waals surface area contributed by atoms with Crippen molar-refractivity contribution in [1.82, 2.24) is 9.80 Å². The van der Waals surface area contributed by atoms with Crippen LogP contribution in [0.25, 0.3) is 0 Å². The summed E-state index contributed by atoms with van der Waals surface area (Å²) in [6, 6.07) is 13.5. The average molecular weight is 501 g/mol. The lowest BCUT2D eigenvalue weighted by Crippen LogP contribution is -2.46. The van der Waals surface area contributed by atoms with Gasteiger partial charge in [0.1, 0.15) is 6.54 Å². The number of amides is 2. The smallest absolute Gasteiger partial charge is 0.264 e. The highest BCUT2D eigenvalue weighted by molar-refractivity contribution is 7.12. The first-order chi connectivity index (χ1) is 16.5. The molecule has 3 aromatic rings. The zero-order chi connectivity index (χ0) is 24.5. The lowest BCUT2D eigenvalue weighted by atomic mass is 10.1. The van der Waals surface area contributed by atoms with Gasteiger partial charge in [0.15, 0.2) is 11.5 Å². The fourth-order valence-electron chi connectivity index (χ4n) is 3.62. The Morgan fingerprint density at radius 1 is 1.00 bits per heavy atom. The van der Waals surface area contributed by atoms with Crippen LogP contribution in [0, 0.1) is 0 Å². The minimum atomic E-state index is -0.0892. The summed E-state index contributed by atoms with van der Waals surface area (Å²) in [6.45, 7) is 5.14. The van der Waals surface area contributed by atoms with Gasteiger partial charge in [0, 0.05) is 17.5 Å². The summed E-state index contributed by atoms with van der Waals surface area (Å²) in [5, 5.41) is 3.90. The van der Waals surface area contributed by atoms with Crippen LogP contribution in [0.3, 0.4) is 0 Å². The standard InChI is InChI=1S/C26H32N2O4S2/c1-5-19(2)28(26(30)24-9-7-15-34-24)18-25(29)27(17-21-8-6-14-33-21)13-12-20-10-11-22(31-3)23(16-20)32-4/h6-11,14-16,19H,5,12-13,17-18H2,1-4H3. The number of rotatable bonds is 12.